The van der Waals surface area contributed by atoms with Crippen LogP contribution in [0.15, 0.2) is 58.7 Å². The summed E-state index contributed by atoms with van der Waals surface area (Å²) in [6.45, 7) is 3.92. The molecule has 6 heteroatoms. The van der Waals surface area contributed by atoms with Gasteiger partial charge in [-0.1, -0.05) is 18.2 Å². The normalized spacial score (nSPS) is 17.6. The van der Waals surface area contributed by atoms with Gasteiger partial charge in [0, 0.05) is 18.2 Å². The van der Waals surface area contributed by atoms with E-state index in [2.05, 4.69) is 0 Å². The molecule has 1 aromatic heterocycles. The number of hydrogen-bond acceptors (Lipinski definition) is 5. The van der Waals surface area contributed by atoms with Crippen molar-refractivity contribution in [1.29, 1.82) is 0 Å². The topological polar surface area (TPSA) is 41.9 Å². The van der Waals surface area contributed by atoms with E-state index < -0.39 is 5.97 Å². The number of esters is 1. The largest absolute Gasteiger partial charge is 0.463 e. The molecule has 0 radical (unpaired) electrons. The summed E-state index contributed by atoms with van der Waals surface area (Å²) in [5.74, 6) is -0.663. The molecule has 0 fully saturated rings. The van der Waals surface area contributed by atoms with E-state index in [1.54, 1.807) is 30.4 Å². The van der Waals surface area contributed by atoms with Crippen LogP contribution in [0.25, 0.3) is 0 Å². The van der Waals surface area contributed by atoms with Gasteiger partial charge in [-0.25, -0.2) is 9.18 Å². The van der Waals surface area contributed by atoms with E-state index in [0.29, 0.717) is 18.7 Å². The Balaban J connectivity index is 1.93. The van der Waals surface area contributed by atoms with E-state index in [4.69, 9.17) is 9.84 Å². The first-order chi connectivity index (χ1) is 12.1. The number of carbonyl (C=O) groups is 1. The van der Waals surface area contributed by atoms with Gasteiger partial charge >= 0.3 is 5.97 Å². The molecular weight excluding hydrogens is 339 g/mol. The van der Waals surface area contributed by atoms with Crippen molar-refractivity contribution in [3.05, 3.63) is 69.8 Å². The second kappa shape index (κ2) is 7.61. The lowest BCUT2D eigenvalue weighted by molar-refractivity contribution is -0.137. The van der Waals surface area contributed by atoms with Crippen molar-refractivity contribution < 1.29 is 13.9 Å². The van der Waals surface area contributed by atoms with E-state index in [-0.39, 0.29) is 11.9 Å². The Morgan fingerprint density at radius 2 is 2.16 bits per heavy atom. The zero-order chi connectivity index (χ0) is 17.8. The molecule has 0 saturated heterocycles. The molecule has 1 unspecified atom stereocenters. The zero-order valence-corrected chi connectivity index (χ0v) is 14.9. The maximum Gasteiger partial charge on any atom is 0.332 e. The van der Waals surface area contributed by atoms with Crippen LogP contribution in [0.3, 0.4) is 0 Å². The average molecular weight is 358 g/mol. The number of hydrogen-bond donors (Lipinski definition) is 0. The van der Waals surface area contributed by atoms with Gasteiger partial charge < -0.3 is 4.74 Å². The first-order valence-corrected chi connectivity index (χ1v) is 8.97. The van der Waals surface area contributed by atoms with E-state index in [1.165, 1.54) is 18.2 Å². The summed E-state index contributed by atoms with van der Waals surface area (Å²) in [5.41, 5.74) is 2.61. The summed E-state index contributed by atoms with van der Waals surface area (Å²) in [4.78, 5) is 12.9. The van der Waals surface area contributed by atoms with Gasteiger partial charge in [-0.2, -0.15) is 5.10 Å². The van der Waals surface area contributed by atoms with Crippen LogP contribution in [0.2, 0.25) is 0 Å². The fourth-order valence-corrected chi connectivity index (χ4v) is 3.51. The number of halogens is 1. The number of ether oxygens (including phenoxy) is 1. The highest BCUT2D eigenvalue weighted by Crippen LogP contribution is 2.36. The molecule has 1 aliphatic rings. The molecule has 130 valence electrons. The van der Waals surface area contributed by atoms with Crippen LogP contribution in [0.1, 0.15) is 36.8 Å². The number of allylic oxidation sites excluding steroid dienone is 1. The molecule has 0 spiro atoms. The predicted molar refractivity (Wildman–Crippen MR) is 96.8 cm³/mol. The number of benzene rings is 1. The molecule has 2 heterocycles. The van der Waals surface area contributed by atoms with Crippen LogP contribution in [0, 0.1) is 5.82 Å². The molecule has 1 aliphatic heterocycles. The molecule has 4 nitrogen and oxygen atoms in total. The molecule has 25 heavy (non-hydrogen) atoms. The third-order valence-corrected chi connectivity index (χ3v) is 4.86. The molecule has 0 saturated carbocycles. The van der Waals surface area contributed by atoms with Crippen molar-refractivity contribution in [2.24, 2.45) is 5.10 Å². The molecule has 2 aromatic rings. The Morgan fingerprint density at radius 3 is 2.80 bits per heavy atom. The van der Waals surface area contributed by atoms with Crippen LogP contribution in [-0.2, 0) is 9.53 Å². The summed E-state index contributed by atoms with van der Waals surface area (Å²) < 4.78 is 18.3. The second-order valence-electron chi connectivity index (χ2n) is 5.68. The van der Waals surface area contributed by atoms with Gasteiger partial charge in [-0.15, -0.1) is 11.3 Å². The third kappa shape index (κ3) is 3.96. The number of rotatable bonds is 5. The third-order valence-electron chi connectivity index (χ3n) is 3.95. The first-order valence-electron chi connectivity index (χ1n) is 8.09. The summed E-state index contributed by atoms with van der Waals surface area (Å²) >= 11 is 1.63. The van der Waals surface area contributed by atoms with Crippen LogP contribution in [0.5, 0.6) is 0 Å². The number of hydrazone groups is 1. The fraction of sp³-hybridized carbons (Fsp3) is 0.263. The molecule has 0 N–H and O–H groups in total. The predicted octanol–water partition coefficient (Wildman–Crippen LogP) is 4.51. The molecule has 3 rings (SSSR count). The average Bonchev–Trinajstić information content (AvgIpc) is 3.25. The quantitative estimate of drug-likeness (QED) is 0.583. The zero-order valence-electron chi connectivity index (χ0n) is 14.1. The molecule has 0 aliphatic carbocycles. The van der Waals surface area contributed by atoms with E-state index >= 15 is 0 Å². The van der Waals surface area contributed by atoms with E-state index in [9.17, 15) is 9.18 Å². The Bertz CT molecular complexity index is 797. The van der Waals surface area contributed by atoms with Crippen molar-refractivity contribution >= 4 is 23.0 Å². The number of thiophene rings is 1. The smallest absolute Gasteiger partial charge is 0.332 e. The van der Waals surface area contributed by atoms with Crippen LogP contribution in [-0.4, -0.2) is 23.3 Å². The van der Waals surface area contributed by atoms with Crippen LogP contribution in [0.4, 0.5) is 4.39 Å². The minimum absolute atomic E-state index is 0.0802. The molecule has 0 bridgehead atoms. The molecule has 0 amide bonds. The Labute approximate surface area is 150 Å². The van der Waals surface area contributed by atoms with Gasteiger partial charge in [0.05, 0.1) is 23.2 Å². The maximum atomic E-state index is 13.3. The van der Waals surface area contributed by atoms with Gasteiger partial charge in [-0.3, -0.25) is 5.01 Å². The lowest BCUT2D eigenvalue weighted by Crippen LogP contribution is -2.19. The van der Waals surface area contributed by atoms with E-state index in [1.807, 2.05) is 29.4 Å². The SMILES string of the molecule is CCOC(=O)C=C(C)N1N=C(c2cccs2)CC1c1ccc(F)cc1. The Morgan fingerprint density at radius 1 is 1.40 bits per heavy atom. The van der Waals surface area contributed by atoms with Crippen molar-refractivity contribution in [3.8, 4) is 0 Å². The van der Waals surface area contributed by atoms with Gasteiger partial charge in [0.1, 0.15) is 5.82 Å². The van der Waals surface area contributed by atoms with Crippen LogP contribution >= 0.6 is 11.3 Å². The number of nitrogens with zero attached hydrogens (tertiary/aromatic N) is 2. The minimum atomic E-state index is -0.391. The minimum Gasteiger partial charge on any atom is -0.463 e. The lowest BCUT2D eigenvalue weighted by Gasteiger charge is -2.24. The van der Waals surface area contributed by atoms with Gasteiger partial charge in [0.25, 0.3) is 0 Å². The molecule has 1 aromatic carbocycles. The summed E-state index contributed by atoms with van der Waals surface area (Å²) in [7, 11) is 0. The first kappa shape index (κ1) is 17.4. The van der Waals surface area contributed by atoms with Gasteiger partial charge in [0.15, 0.2) is 0 Å². The monoisotopic (exact) mass is 358 g/mol. The molecular formula is C19H19FN2O2S. The highest BCUT2D eigenvalue weighted by molar-refractivity contribution is 7.12. The van der Waals surface area contributed by atoms with Gasteiger partial charge in [-0.05, 0) is 43.0 Å². The van der Waals surface area contributed by atoms with Crippen molar-refractivity contribution in [2.75, 3.05) is 6.61 Å². The highest BCUT2D eigenvalue weighted by atomic mass is 32.1. The Hall–Kier alpha value is -2.47. The van der Waals surface area contributed by atoms with Crippen molar-refractivity contribution in [2.45, 2.75) is 26.3 Å². The fourth-order valence-electron chi connectivity index (χ4n) is 2.79. The molecule has 1 atom stereocenters. The summed E-state index contributed by atoms with van der Waals surface area (Å²) in [6, 6.07) is 10.3. The Kier molecular flexibility index (Phi) is 5.28. The van der Waals surface area contributed by atoms with Gasteiger partial charge in [0.2, 0.25) is 0 Å². The van der Waals surface area contributed by atoms with Crippen molar-refractivity contribution in [1.82, 2.24) is 5.01 Å². The van der Waals surface area contributed by atoms with Crippen LogP contribution < -0.4 is 0 Å². The lowest BCUT2D eigenvalue weighted by atomic mass is 10.0. The summed E-state index contributed by atoms with van der Waals surface area (Å²) in [5, 5.41) is 8.54. The second-order valence-corrected chi connectivity index (χ2v) is 6.63. The highest BCUT2D eigenvalue weighted by Gasteiger charge is 2.30. The standard InChI is InChI=1S/C19H19FN2O2S/c1-3-24-19(23)11-13(2)22-17(14-6-8-15(20)9-7-14)12-16(21-22)18-5-4-10-25-18/h4-11,17H,3,12H2,1-2H3. The number of carbonyl (C=O) groups excluding carboxylic acids is 1. The van der Waals surface area contributed by atoms with E-state index in [0.717, 1.165) is 16.2 Å². The maximum absolute atomic E-state index is 13.3. The van der Waals surface area contributed by atoms with Crippen molar-refractivity contribution in [3.63, 3.8) is 0 Å². The summed E-state index contributed by atoms with van der Waals surface area (Å²) in [6.07, 6.45) is 2.14.